The molecule has 0 fully saturated rings. The molecule has 0 saturated heterocycles. The van der Waals surface area contributed by atoms with Crippen molar-refractivity contribution in [2.24, 2.45) is 0 Å². The SMILES string of the molecule is Cc1ccc(NC(=O)COC(=O)c2cc(Cl)cc(Cl)c2N)cc1. The molecule has 0 bridgehead atoms. The summed E-state index contributed by atoms with van der Waals surface area (Å²) in [4.78, 5) is 23.8. The predicted molar refractivity (Wildman–Crippen MR) is 91.0 cm³/mol. The number of amides is 1. The molecule has 1 amide bonds. The Morgan fingerprint density at radius 3 is 2.48 bits per heavy atom. The highest BCUT2D eigenvalue weighted by molar-refractivity contribution is 6.37. The van der Waals surface area contributed by atoms with Crippen LogP contribution in [-0.4, -0.2) is 18.5 Å². The number of rotatable bonds is 4. The van der Waals surface area contributed by atoms with Crippen molar-refractivity contribution in [3.8, 4) is 0 Å². The molecule has 7 heteroatoms. The minimum atomic E-state index is -0.772. The van der Waals surface area contributed by atoms with Crippen molar-refractivity contribution in [2.75, 3.05) is 17.7 Å². The lowest BCUT2D eigenvalue weighted by Gasteiger charge is -2.09. The maximum atomic E-state index is 12.0. The number of ether oxygens (including phenoxy) is 1. The van der Waals surface area contributed by atoms with Gasteiger partial charge < -0.3 is 15.8 Å². The van der Waals surface area contributed by atoms with Crippen LogP contribution in [0.3, 0.4) is 0 Å². The molecule has 0 aliphatic carbocycles. The van der Waals surface area contributed by atoms with Gasteiger partial charge in [0.2, 0.25) is 0 Å². The summed E-state index contributed by atoms with van der Waals surface area (Å²) in [6.45, 7) is 1.49. The molecule has 0 atom stereocenters. The average molecular weight is 353 g/mol. The molecule has 2 aromatic carbocycles. The van der Waals surface area contributed by atoms with Crippen LogP contribution < -0.4 is 11.1 Å². The Balaban J connectivity index is 1.96. The third-order valence-electron chi connectivity index (χ3n) is 2.98. The topological polar surface area (TPSA) is 81.4 Å². The molecule has 0 aromatic heterocycles. The number of halogens is 2. The van der Waals surface area contributed by atoms with Gasteiger partial charge in [0.25, 0.3) is 5.91 Å². The number of nitrogens with two attached hydrogens (primary N) is 1. The van der Waals surface area contributed by atoms with Crippen LogP contribution in [-0.2, 0) is 9.53 Å². The van der Waals surface area contributed by atoms with Crippen molar-refractivity contribution in [2.45, 2.75) is 6.92 Å². The van der Waals surface area contributed by atoms with Crippen LogP contribution in [0.1, 0.15) is 15.9 Å². The van der Waals surface area contributed by atoms with Crippen molar-refractivity contribution >= 4 is 46.5 Å². The van der Waals surface area contributed by atoms with E-state index in [0.29, 0.717) is 5.69 Å². The van der Waals surface area contributed by atoms with Gasteiger partial charge in [-0.2, -0.15) is 0 Å². The molecule has 0 heterocycles. The van der Waals surface area contributed by atoms with E-state index in [1.54, 1.807) is 12.1 Å². The van der Waals surface area contributed by atoms with Crippen LogP contribution in [0.4, 0.5) is 11.4 Å². The summed E-state index contributed by atoms with van der Waals surface area (Å²) in [7, 11) is 0. The molecular formula is C16H14Cl2N2O3. The van der Waals surface area contributed by atoms with Crippen molar-refractivity contribution in [1.82, 2.24) is 0 Å². The molecule has 0 saturated carbocycles. The highest BCUT2D eigenvalue weighted by Crippen LogP contribution is 2.28. The fourth-order valence-corrected chi connectivity index (χ4v) is 2.29. The van der Waals surface area contributed by atoms with Gasteiger partial charge >= 0.3 is 5.97 Å². The van der Waals surface area contributed by atoms with Gasteiger partial charge in [0.15, 0.2) is 6.61 Å². The molecule has 0 unspecified atom stereocenters. The largest absolute Gasteiger partial charge is 0.452 e. The van der Waals surface area contributed by atoms with Gasteiger partial charge in [-0.3, -0.25) is 4.79 Å². The Kier molecular flexibility index (Phi) is 5.47. The van der Waals surface area contributed by atoms with Crippen LogP contribution in [0.25, 0.3) is 0 Å². The third-order valence-corrected chi connectivity index (χ3v) is 3.51. The van der Waals surface area contributed by atoms with Gasteiger partial charge in [-0.15, -0.1) is 0 Å². The van der Waals surface area contributed by atoms with E-state index in [-0.39, 0.29) is 21.3 Å². The van der Waals surface area contributed by atoms with E-state index in [1.165, 1.54) is 12.1 Å². The normalized spacial score (nSPS) is 10.2. The van der Waals surface area contributed by atoms with Gasteiger partial charge in [-0.25, -0.2) is 4.79 Å². The van der Waals surface area contributed by atoms with Crippen molar-refractivity contribution < 1.29 is 14.3 Å². The fraction of sp³-hybridized carbons (Fsp3) is 0.125. The van der Waals surface area contributed by atoms with E-state index in [9.17, 15) is 9.59 Å². The molecule has 5 nitrogen and oxygen atoms in total. The lowest BCUT2D eigenvalue weighted by molar-refractivity contribution is -0.119. The molecule has 2 rings (SSSR count). The number of benzene rings is 2. The second-order valence-electron chi connectivity index (χ2n) is 4.84. The standard InChI is InChI=1S/C16H14Cl2N2O3/c1-9-2-4-11(5-3-9)20-14(21)8-23-16(22)12-6-10(17)7-13(18)15(12)19/h2-7H,8,19H2,1H3,(H,20,21). The Morgan fingerprint density at radius 1 is 1.17 bits per heavy atom. The van der Waals surface area contributed by atoms with E-state index in [1.807, 2.05) is 19.1 Å². The summed E-state index contributed by atoms with van der Waals surface area (Å²) in [6.07, 6.45) is 0. The van der Waals surface area contributed by atoms with Gasteiger partial charge in [0.1, 0.15) is 0 Å². The zero-order valence-electron chi connectivity index (χ0n) is 12.2. The van der Waals surface area contributed by atoms with E-state index in [0.717, 1.165) is 5.56 Å². The number of carbonyl (C=O) groups excluding carboxylic acids is 2. The quantitative estimate of drug-likeness (QED) is 0.649. The first-order chi connectivity index (χ1) is 10.9. The average Bonchev–Trinajstić information content (AvgIpc) is 2.50. The first-order valence-electron chi connectivity index (χ1n) is 6.65. The van der Waals surface area contributed by atoms with E-state index < -0.39 is 18.5 Å². The zero-order chi connectivity index (χ0) is 17.0. The van der Waals surface area contributed by atoms with E-state index in [2.05, 4.69) is 5.32 Å². The Bertz CT molecular complexity index is 746. The first-order valence-corrected chi connectivity index (χ1v) is 7.40. The Labute approximate surface area is 143 Å². The molecule has 120 valence electrons. The number of nitrogens with one attached hydrogen (secondary N) is 1. The zero-order valence-corrected chi connectivity index (χ0v) is 13.7. The minimum absolute atomic E-state index is 0.0191. The number of anilines is 2. The van der Waals surface area contributed by atoms with Gasteiger partial charge in [-0.05, 0) is 31.2 Å². The lowest BCUT2D eigenvalue weighted by atomic mass is 10.2. The number of esters is 1. The van der Waals surface area contributed by atoms with Crippen LogP contribution in [0, 0.1) is 6.92 Å². The van der Waals surface area contributed by atoms with Crippen LogP contribution in [0.5, 0.6) is 0 Å². The van der Waals surface area contributed by atoms with E-state index >= 15 is 0 Å². The molecule has 2 aromatic rings. The van der Waals surface area contributed by atoms with Crippen LogP contribution in [0.15, 0.2) is 36.4 Å². The van der Waals surface area contributed by atoms with E-state index in [4.69, 9.17) is 33.7 Å². The maximum Gasteiger partial charge on any atom is 0.340 e. The molecule has 0 radical (unpaired) electrons. The van der Waals surface area contributed by atoms with Crippen LogP contribution >= 0.6 is 23.2 Å². The smallest absolute Gasteiger partial charge is 0.340 e. The Morgan fingerprint density at radius 2 is 1.83 bits per heavy atom. The highest BCUT2D eigenvalue weighted by Gasteiger charge is 2.16. The Hall–Kier alpha value is -2.24. The first kappa shape index (κ1) is 17.1. The summed E-state index contributed by atoms with van der Waals surface area (Å²) in [5.41, 5.74) is 7.46. The molecule has 0 spiro atoms. The third kappa shape index (κ3) is 4.61. The predicted octanol–water partition coefficient (Wildman–Crippen LogP) is 3.68. The van der Waals surface area contributed by atoms with Gasteiger partial charge in [0.05, 0.1) is 16.3 Å². The summed E-state index contributed by atoms with van der Waals surface area (Å²) >= 11 is 11.7. The number of nitrogen functional groups attached to an aromatic ring is 1. The number of hydrogen-bond acceptors (Lipinski definition) is 4. The highest BCUT2D eigenvalue weighted by atomic mass is 35.5. The van der Waals surface area contributed by atoms with Crippen molar-refractivity contribution in [3.63, 3.8) is 0 Å². The molecule has 23 heavy (non-hydrogen) atoms. The second kappa shape index (κ2) is 7.35. The van der Waals surface area contributed by atoms with Crippen LogP contribution in [0.2, 0.25) is 10.0 Å². The number of aryl methyl sites for hydroxylation is 1. The summed E-state index contributed by atoms with van der Waals surface area (Å²) in [6, 6.07) is 9.97. The van der Waals surface area contributed by atoms with Gasteiger partial charge in [0, 0.05) is 10.7 Å². The second-order valence-corrected chi connectivity index (χ2v) is 5.68. The monoisotopic (exact) mass is 352 g/mol. The molecular weight excluding hydrogens is 339 g/mol. The van der Waals surface area contributed by atoms with Crippen molar-refractivity contribution in [3.05, 3.63) is 57.6 Å². The van der Waals surface area contributed by atoms with Gasteiger partial charge in [-0.1, -0.05) is 40.9 Å². The molecule has 0 aliphatic heterocycles. The summed E-state index contributed by atoms with van der Waals surface area (Å²) in [5.74, 6) is -1.24. The van der Waals surface area contributed by atoms with Crippen molar-refractivity contribution in [1.29, 1.82) is 0 Å². The number of carbonyl (C=O) groups is 2. The molecule has 0 aliphatic rings. The molecule has 3 N–H and O–H groups in total. The summed E-state index contributed by atoms with van der Waals surface area (Å²) in [5, 5.41) is 3.01. The fourth-order valence-electron chi connectivity index (χ4n) is 1.80. The maximum absolute atomic E-state index is 12.0. The summed E-state index contributed by atoms with van der Waals surface area (Å²) < 4.78 is 4.93. The number of hydrogen-bond donors (Lipinski definition) is 2. The minimum Gasteiger partial charge on any atom is -0.452 e. The lowest BCUT2D eigenvalue weighted by Crippen LogP contribution is -2.21.